The van der Waals surface area contributed by atoms with Crippen molar-refractivity contribution >= 4 is 5.97 Å². The quantitative estimate of drug-likeness (QED) is 0.811. The van der Waals surface area contributed by atoms with Crippen molar-refractivity contribution in [2.75, 3.05) is 13.1 Å². The van der Waals surface area contributed by atoms with Gasteiger partial charge in [-0.2, -0.15) is 0 Å². The van der Waals surface area contributed by atoms with Crippen LogP contribution in [0.5, 0.6) is 0 Å². The van der Waals surface area contributed by atoms with Crippen molar-refractivity contribution in [3.05, 3.63) is 35.4 Å². The molecular formula is C18H27NO2. The van der Waals surface area contributed by atoms with Gasteiger partial charge < -0.3 is 10.4 Å². The second-order valence-corrected chi connectivity index (χ2v) is 6.65. The Balaban J connectivity index is 2.02. The standard InChI is InChI=1S/C18H27NO2/c1-13(2)6-7-14-4-3-5-15(10-14)11-17(18(20)21)16-8-9-19-12-16/h3-5,10,13,16-17,19H,6-9,11-12H2,1-2H3,(H,20,21). The number of hydrogen-bond acceptors (Lipinski definition) is 2. The summed E-state index contributed by atoms with van der Waals surface area (Å²) in [6.07, 6.45) is 3.88. The fraction of sp³-hybridized carbons (Fsp3) is 0.611. The summed E-state index contributed by atoms with van der Waals surface area (Å²) in [6, 6.07) is 8.48. The van der Waals surface area contributed by atoms with Gasteiger partial charge in [-0.3, -0.25) is 4.79 Å². The average Bonchev–Trinajstić information content (AvgIpc) is 2.96. The predicted molar refractivity (Wildman–Crippen MR) is 85.4 cm³/mol. The maximum Gasteiger partial charge on any atom is 0.307 e. The summed E-state index contributed by atoms with van der Waals surface area (Å²) >= 11 is 0. The maximum absolute atomic E-state index is 11.6. The van der Waals surface area contributed by atoms with E-state index in [-0.39, 0.29) is 11.8 Å². The van der Waals surface area contributed by atoms with Crippen molar-refractivity contribution in [1.82, 2.24) is 5.32 Å². The number of hydrogen-bond donors (Lipinski definition) is 2. The molecule has 0 amide bonds. The minimum absolute atomic E-state index is 0.264. The van der Waals surface area contributed by atoms with E-state index in [0.717, 1.165) is 31.5 Å². The lowest BCUT2D eigenvalue weighted by Crippen LogP contribution is -2.27. The third-order valence-corrected chi connectivity index (χ3v) is 4.44. The molecule has 1 aromatic rings. The van der Waals surface area contributed by atoms with Crippen molar-refractivity contribution in [3.63, 3.8) is 0 Å². The summed E-state index contributed by atoms with van der Waals surface area (Å²) in [4.78, 5) is 11.6. The smallest absolute Gasteiger partial charge is 0.307 e. The molecule has 1 heterocycles. The molecule has 1 aromatic carbocycles. The van der Waals surface area contributed by atoms with E-state index >= 15 is 0 Å². The van der Waals surface area contributed by atoms with Crippen LogP contribution in [0.25, 0.3) is 0 Å². The lowest BCUT2D eigenvalue weighted by Gasteiger charge is -2.19. The SMILES string of the molecule is CC(C)CCc1cccc(CC(C(=O)O)C2CCNC2)c1. The van der Waals surface area contributed by atoms with Gasteiger partial charge in [0.15, 0.2) is 0 Å². The van der Waals surface area contributed by atoms with Crippen LogP contribution in [0.15, 0.2) is 24.3 Å². The molecule has 1 saturated heterocycles. The Morgan fingerprint density at radius 2 is 2.14 bits per heavy atom. The van der Waals surface area contributed by atoms with E-state index < -0.39 is 5.97 Å². The summed E-state index contributed by atoms with van der Waals surface area (Å²) in [5.41, 5.74) is 2.49. The molecule has 0 aromatic heterocycles. The third-order valence-electron chi connectivity index (χ3n) is 4.44. The van der Waals surface area contributed by atoms with Crippen LogP contribution in [0.3, 0.4) is 0 Å². The normalized spacial score (nSPS) is 19.9. The third kappa shape index (κ3) is 4.85. The van der Waals surface area contributed by atoms with E-state index in [1.54, 1.807) is 0 Å². The van der Waals surface area contributed by atoms with E-state index in [1.807, 2.05) is 0 Å². The van der Waals surface area contributed by atoms with Crippen LogP contribution in [-0.4, -0.2) is 24.2 Å². The zero-order chi connectivity index (χ0) is 15.2. The average molecular weight is 289 g/mol. The fourth-order valence-electron chi connectivity index (χ4n) is 3.10. The number of aliphatic carboxylic acids is 1. The van der Waals surface area contributed by atoms with Crippen molar-refractivity contribution < 1.29 is 9.90 Å². The van der Waals surface area contributed by atoms with Gasteiger partial charge in [0.25, 0.3) is 0 Å². The van der Waals surface area contributed by atoms with Crippen LogP contribution in [0.1, 0.15) is 37.8 Å². The number of benzene rings is 1. The van der Waals surface area contributed by atoms with Crippen LogP contribution in [0.2, 0.25) is 0 Å². The first-order valence-corrected chi connectivity index (χ1v) is 8.07. The Hall–Kier alpha value is -1.35. The molecule has 3 nitrogen and oxygen atoms in total. The van der Waals surface area contributed by atoms with Gasteiger partial charge in [-0.1, -0.05) is 38.1 Å². The summed E-state index contributed by atoms with van der Waals surface area (Å²) < 4.78 is 0. The molecule has 0 radical (unpaired) electrons. The molecule has 2 unspecified atom stereocenters. The van der Waals surface area contributed by atoms with E-state index in [1.165, 1.54) is 12.0 Å². The number of aryl methyl sites for hydroxylation is 1. The molecule has 0 saturated carbocycles. The van der Waals surface area contributed by atoms with Crippen LogP contribution in [-0.2, 0) is 17.6 Å². The van der Waals surface area contributed by atoms with Gasteiger partial charge in [0, 0.05) is 0 Å². The number of carboxylic acids is 1. The number of rotatable bonds is 7. The molecule has 0 spiro atoms. The highest BCUT2D eigenvalue weighted by Gasteiger charge is 2.30. The molecule has 2 atom stereocenters. The molecule has 3 heteroatoms. The minimum Gasteiger partial charge on any atom is -0.481 e. The monoisotopic (exact) mass is 289 g/mol. The van der Waals surface area contributed by atoms with Crippen LogP contribution in [0, 0.1) is 17.8 Å². The van der Waals surface area contributed by atoms with Crippen molar-refractivity contribution in [1.29, 1.82) is 0 Å². The lowest BCUT2D eigenvalue weighted by atomic mass is 9.85. The van der Waals surface area contributed by atoms with Crippen molar-refractivity contribution in [3.8, 4) is 0 Å². The molecule has 0 aliphatic carbocycles. The van der Waals surface area contributed by atoms with Crippen LogP contribution >= 0.6 is 0 Å². The van der Waals surface area contributed by atoms with Gasteiger partial charge in [-0.05, 0) is 61.7 Å². The maximum atomic E-state index is 11.6. The highest BCUT2D eigenvalue weighted by atomic mass is 16.4. The van der Waals surface area contributed by atoms with Gasteiger partial charge in [0.05, 0.1) is 5.92 Å². The second kappa shape index (κ2) is 7.60. The number of carbonyl (C=O) groups is 1. The van der Waals surface area contributed by atoms with E-state index in [0.29, 0.717) is 12.3 Å². The van der Waals surface area contributed by atoms with Gasteiger partial charge in [-0.25, -0.2) is 0 Å². The Morgan fingerprint density at radius 1 is 1.38 bits per heavy atom. The number of nitrogens with one attached hydrogen (secondary N) is 1. The second-order valence-electron chi connectivity index (χ2n) is 6.65. The Labute approximate surface area is 127 Å². The summed E-state index contributed by atoms with van der Waals surface area (Å²) in [5, 5.41) is 12.8. The molecule has 0 bridgehead atoms. The zero-order valence-corrected chi connectivity index (χ0v) is 13.1. The molecule has 21 heavy (non-hydrogen) atoms. The summed E-state index contributed by atoms with van der Waals surface area (Å²) in [6.45, 7) is 6.25. The molecule has 1 fully saturated rings. The highest BCUT2D eigenvalue weighted by Crippen LogP contribution is 2.24. The molecular weight excluding hydrogens is 262 g/mol. The van der Waals surface area contributed by atoms with Crippen molar-refractivity contribution in [2.45, 2.75) is 39.5 Å². The summed E-state index contributed by atoms with van der Waals surface area (Å²) in [5.74, 6) is 0.0449. The first-order chi connectivity index (χ1) is 10.1. The minimum atomic E-state index is -0.656. The van der Waals surface area contributed by atoms with E-state index in [9.17, 15) is 9.90 Å². The first kappa shape index (κ1) is 16.0. The fourth-order valence-corrected chi connectivity index (χ4v) is 3.10. The predicted octanol–water partition coefficient (Wildman–Crippen LogP) is 3.13. The van der Waals surface area contributed by atoms with Gasteiger partial charge in [0.1, 0.15) is 0 Å². The van der Waals surface area contributed by atoms with Gasteiger partial charge in [-0.15, -0.1) is 0 Å². The lowest BCUT2D eigenvalue weighted by molar-refractivity contribution is -0.143. The Morgan fingerprint density at radius 3 is 2.76 bits per heavy atom. The number of carboxylic acid groups (broad SMARTS) is 1. The Kier molecular flexibility index (Phi) is 5.80. The molecule has 1 aliphatic rings. The summed E-state index contributed by atoms with van der Waals surface area (Å²) in [7, 11) is 0. The molecule has 2 rings (SSSR count). The van der Waals surface area contributed by atoms with Crippen LogP contribution in [0.4, 0.5) is 0 Å². The van der Waals surface area contributed by atoms with E-state index in [4.69, 9.17) is 0 Å². The molecule has 1 aliphatic heterocycles. The zero-order valence-electron chi connectivity index (χ0n) is 13.1. The molecule has 2 N–H and O–H groups in total. The molecule has 116 valence electrons. The van der Waals surface area contributed by atoms with Gasteiger partial charge in [0.2, 0.25) is 0 Å². The highest BCUT2D eigenvalue weighted by molar-refractivity contribution is 5.71. The van der Waals surface area contributed by atoms with Crippen molar-refractivity contribution in [2.24, 2.45) is 17.8 Å². The van der Waals surface area contributed by atoms with Gasteiger partial charge >= 0.3 is 5.97 Å². The Bertz CT molecular complexity index is 464. The first-order valence-electron chi connectivity index (χ1n) is 8.07. The largest absolute Gasteiger partial charge is 0.481 e. The van der Waals surface area contributed by atoms with E-state index in [2.05, 4.69) is 43.4 Å². The topological polar surface area (TPSA) is 49.3 Å². The van der Waals surface area contributed by atoms with Crippen LogP contribution < -0.4 is 5.32 Å².